The van der Waals surface area contributed by atoms with E-state index in [1.807, 2.05) is 20.8 Å². The van der Waals surface area contributed by atoms with Crippen molar-refractivity contribution in [1.29, 1.82) is 0 Å². The maximum atomic E-state index is 11.7. The first kappa shape index (κ1) is 17.8. The molecule has 0 saturated heterocycles. The number of ketones is 1. The third-order valence-electron chi connectivity index (χ3n) is 2.81. The van der Waals surface area contributed by atoms with Crippen LogP contribution in [0.15, 0.2) is 30.3 Å². The zero-order valence-corrected chi connectivity index (χ0v) is 13.1. The summed E-state index contributed by atoms with van der Waals surface area (Å²) in [6.07, 6.45) is -0.0705. The van der Waals surface area contributed by atoms with Crippen molar-refractivity contribution in [2.45, 2.75) is 33.6 Å². The molecule has 6 heteroatoms. The van der Waals surface area contributed by atoms with E-state index in [-0.39, 0.29) is 24.8 Å². The minimum Gasteiger partial charge on any atom is -0.319 e. The molecule has 22 heavy (non-hydrogen) atoms. The summed E-state index contributed by atoms with van der Waals surface area (Å²) in [5, 5.41) is 12.6. The minimum absolute atomic E-state index is 0.161. The molecule has 0 aliphatic rings. The first-order chi connectivity index (χ1) is 10.2. The smallest absolute Gasteiger partial charge is 0.291 e. The van der Waals surface area contributed by atoms with Gasteiger partial charge in [-0.3, -0.25) is 19.6 Å². The molecule has 2 N–H and O–H groups in total. The molecule has 0 saturated carbocycles. The van der Waals surface area contributed by atoms with Gasteiger partial charge >= 0.3 is 0 Å². The summed E-state index contributed by atoms with van der Waals surface area (Å²) < 4.78 is 0. The number of carbonyl (C=O) groups excluding carboxylic acids is 3. The van der Waals surface area contributed by atoms with Gasteiger partial charge in [-0.1, -0.05) is 39.0 Å². The molecule has 0 aliphatic carbocycles. The van der Waals surface area contributed by atoms with Gasteiger partial charge in [-0.15, -0.1) is 0 Å². The summed E-state index contributed by atoms with van der Waals surface area (Å²) >= 11 is 0. The van der Waals surface area contributed by atoms with E-state index in [4.69, 9.17) is 0 Å². The van der Waals surface area contributed by atoms with Crippen LogP contribution < -0.4 is 5.32 Å². The number of amides is 2. The molecular weight excluding hydrogens is 284 g/mol. The summed E-state index contributed by atoms with van der Waals surface area (Å²) in [6, 6.07) is 8.59. The monoisotopic (exact) mass is 306 g/mol. The van der Waals surface area contributed by atoms with Crippen LogP contribution in [0.2, 0.25) is 0 Å². The Labute approximate surface area is 130 Å². The van der Waals surface area contributed by atoms with Gasteiger partial charge in [0.1, 0.15) is 0 Å². The van der Waals surface area contributed by atoms with E-state index in [1.165, 1.54) is 0 Å². The number of hydrogen-bond acceptors (Lipinski definition) is 4. The van der Waals surface area contributed by atoms with Crippen molar-refractivity contribution in [3.8, 4) is 0 Å². The number of hydrogen-bond donors (Lipinski definition) is 2. The first-order valence-electron chi connectivity index (χ1n) is 7.07. The van der Waals surface area contributed by atoms with E-state index in [9.17, 15) is 19.6 Å². The van der Waals surface area contributed by atoms with Crippen molar-refractivity contribution in [2.75, 3.05) is 11.9 Å². The van der Waals surface area contributed by atoms with Crippen LogP contribution in [0.5, 0.6) is 0 Å². The number of hydroxylamine groups is 2. The molecule has 0 spiro atoms. The van der Waals surface area contributed by atoms with Gasteiger partial charge in [0.15, 0.2) is 0 Å². The van der Waals surface area contributed by atoms with Crippen molar-refractivity contribution >= 4 is 23.3 Å². The first-order valence-corrected chi connectivity index (χ1v) is 7.07. The van der Waals surface area contributed by atoms with Gasteiger partial charge in [-0.2, -0.15) is 0 Å². The van der Waals surface area contributed by atoms with E-state index in [0.717, 1.165) is 0 Å². The Balaban J connectivity index is 2.42. The minimum atomic E-state index is -0.761. The van der Waals surface area contributed by atoms with Crippen LogP contribution in [-0.4, -0.2) is 34.4 Å². The fraction of sp³-hybridized carbons (Fsp3) is 0.438. The summed E-state index contributed by atoms with van der Waals surface area (Å²) in [5.41, 5.74) is 0.262. The molecule has 1 rings (SSSR count). The number of rotatable bonds is 6. The molecular formula is C16H22N2O4. The molecule has 0 fully saturated rings. The summed E-state index contributed by atoms with van der Waals surface area (Å²) in [6.45, 7) is 5.42. The van der Waals surface area contributed by atoms with Gasteiger partial charge in [0, 0.05) is 18.5 Å². The van der Waals surface area contributed by atoms with Gasteiger partial charge in [-0.25, -0.2) is 5.06 Å². The number of nitrogens with one attached hydrogen (secondary N) is 1. The second-order valence-corrected chi connectivity index (χ2v) is 6.25. The SMILES string of the molecule is CC(C)(C)CC(=O)N(O)CCC(=O)C(=O)Nc1ccccc1. The number of benzene rings is 1. The van der Waals surface area contributed by atoms with E-state index in [1.54, 1.807) is 30.3 Å². The molecule has 2 amide bonds. The lowest BCUT2D eigenvalue weighted by Gasteiger charge is -2.21. The number of para-hydroxylation sites is 1. The van der Waals surface area contributed by atoms with Gasteiger partial charge in [0.25, 0.3) is 5.91 Å². The Morgan fingerprint density at radius 1 is 1.14 bits per heavy atom. The number of Topliss-reactive ketones (excluding diaryl/α,β-unsaturated/α-hetero) is 1. The predicted molar refractivity (Wildman–Crippen MR) is 82.3 cm³/mol. The fourth-order valence-electron chi connectivity index (χ4n) is 1.71. The lowest BCUT2D eigenvalue weighted by atomic mass is 9.92. The van der Waals surface area contributed by atoms with Crippen LogP contribution in [0.1, 0.15) is 33.6 Å². The maximum absolute atomic E-state index is 11.7. The van der Waals surface area contributed by atoms with Crippen LogP contribution in [0.4, 0.5) is 5.69 Å². The van der Waals surface area contributed by atoms with Crippen molar-refractivity contribution in [2.24, 2.45) is 5.41 Å². The van der Waals surface area contributed by atoms with Crippen molar-refractivity contribution in [1.82, 2.24) is 5.06 Å². The zero-order valence-electron chi connectivity index (χ0n) is 13.1. The molecule has 0 unspecified atom stereocenters. The molecule has 0 bridgehead atoms. The molecule has 0 radical (unpaired) electrons. The highest BCUT2D eigenvalue weighted by molar-refractivity contribution is 6.40. The highest BCUT2D eigenvalue weighted by Crippen LogP contribution is 2.19. The molecule has 0 aromatic heterocycles. The largest absolute Gasteiger partial charge is 0.319 e. The average Bonchev–Trinajstić information content (AvgIpc) is 2.43. The molecule has 1 aromatic rings. The van der Waals surface area contributed by atoms with E-state index in [2.05, 4.69) is 5.32 Å². The summed E-state index contributed by atoms with van der Waals surface area (Å²) in [5.74, 6) is -1.92. The molecule has 0 atom stereocenters. The molecule has 0 heterocycles. The second kappa shape index (κ2) is 7.70. The number of anilines is 1. The number of carbonyl (C=O) groups is 3. The van der Waals surface area contributed by atoms with Crippen LogP contribution in [0, 0.1) is 5.41 Å². The quantitative estimate of drug-likeness (QED) is 0.479. The van der Waals surface area contributed by atoms with Gasteiger partial charge in [0.2, 0.25) is 11.7 Å². The van der Waals surface area contributed by atoms with Crippen LogP contribution >= 0.6 is 0 Å². The van der Waals surface area contributed by atoms with Crippen molar-refractivity contribution in [3.05, 3.63) is 30.3 Å². The Kier molecular flexibility index (Phi) is 6.24. The second-order valence-electron chi connectivity index (χ2n) is 6.25. The Morgan fingerprint density at radius 3 is 2.27 bits per heavy atom. The lowest BCUT2D eigenvalue weighted by molar-refractivity contribution is -0.168. The highest BCUT2D eigenvalue weighted by Gasteiger charge is 2.22. The fourth-order valence-corrected chi connectivity index (χ4v) is 1.71. The molecule has 6 nitrogen and oxygen atoms in total. The maximum Gasteiger partial charge on any atom is 0.291 e. The predicted octanol–water partition coefficient (Wildman–Crippen LogP) is 2.24. The number of nitrogens with zero attached hydrogens (tertiary/aromatic N) is 1. The Bertz CT molecular complexity index is 535. The Hall–Kier alpha value is -2.21. The van der Waals surface area contributed by atoms with E-state index >= 15 is 0 Å². The zero-order chi connectivity index (χ0) is 16.8. The van der Waals surface area contributed by atoms with Gasteiger partial charge in [-0.05, 0) is 17.5 Å². The van der Waals surface area contributed by atoms with Crippen molar-refractivity contribution in [3.63, 3.8) is 0 Å². The highest BCUT2D eigenvalue weighted by atomic mass is 16.5. The Morgan fingerprint density at radius 2 is 1.73 bits per heavy atom. The van der Waals surface area contributed by atoms with Crippen LogP contribution in [-0.2, 0) is 14.4 Å². The van der Waals surface area contributed by atoms with Crippen LogP contribution in [0.3, 0.4) is 0 Å². The summed E-state index contributed by atoms with van der Waals surface area (Å²) in [7, 11) is 0. The molecule has 120 valence electrons. The normalized spacial score (nSPS) is 10.9. The third-order valence-corrected chi connectivity index (χ3v) is 2.81. The standard InChI is InChI=1S/C16H22N2O4/c1-16(2,3)11-14(20)18(22)10-9-13(19)15(21)17-12-7-5-4-6-8-12/h4-8,22H,9-11H2,1-3H3,(H,17,21). The molecule has 0 aliphatic heterocycles. The van der Waals surface area contributed by atoms with Crippen molar-refractivity contribution < 1.29 is 19.6 Å². The van der Waals surface area contributed by atoms with Gasteiger partial charge in [0.05, 0.1) is 6.54 Å². The summed E-state index contributed by atoms with van der Waals surface area (Å²) in [4.78, 5) is 35.1. The van der Waals surface area contributed by atoms with E-state index in [0.29, 0.717) is 10.8 Å². The molecule has 1 aromatic carbocycles. The van der Waals surface area contributed by atoms with E-state index < -0.39 is 17.6 Å². The average molecular weight is 306 g/mol. The lowest BCUT2D eigenvalue weighted by Crippen LogP contribution is -2.34. The topological polar surface area (TPSA) is 86.7 Å². The van der Waals surface area contributed by atoms with Crippen LogP contribution in [0.25, 0.3) is 0 Å². The third kappa shape index (κ3) is 6.49. The van der Waals surface area contributed by atoms with Gasteiger partial charge < -0.3 is 5.32 Å².